The molecule has 0 heterocycles. The van der Waals surface area contributed by atoms with Gasteiger partial charge in [0.05, 0.1) is 12.7 Å². The molecule has 0 aromatic heterocycles. The Bertz CT molecular complexity index is 312. The van der Waals surface area contributed by atoms with E-state index in [2.05, 4.69) is 13.8 Å². The molecule has 1 aromatic rings. The Labute approximate surface area is 98.3 Å². The van der Waals surface area contributed by atoms with Gasteiger partial charge >= 0.3 is 0 Å². The van der Waals surface area contributed by atoms with Crippen molar-refractivity contribution in [1.29, 1.82) is 0 Å². The number of hydrogen-bond acceptors (Lipinski definition) is 2. The van der Waals surface area contributed by atoms with Crippen LogP contribution in [-0.4, -0.2) is 12.2 Å². The molecule has 0 spiro atoms. The Kier molecular flexibility index (Phi) is 4.36. The van der Waals surface area contributed by atoms with Gasteiger partial charge in [-0.2, -0.15) is 0 Å². The van der Waals surface area contributed by atoms with Crippen LogP contribution in [-0.2, 0) is 5.60 Å². The average molecular weight is 222 g/mol. The van der Waals surface area contributed by atoms with E-state index in [-0.39, 0.29) is 0 Å². The smallest absolute Gasteiger partial charge is 0.118 e. The summed E-state index contributed by atoms with van der Waals surface area (Å²) in [4.78, 5) is 0. The van der Waals surface area contributed by atoms with Gasteiger partial charge in [-0.1, -0.05) is 26.0 Å². The summed E-state index contributed by atoms with van der Waals surface area (Å²) >= 11 is 0. The van der Waals surface area contributed by atoms with Crippen molar-refractivity contribution >= 4 is 0 Å². The van der Waals surface area contributed by atoms with Crippen molar-refractivity contribution in [2.75, 3.05) is 7.11 Å². The van der Waals surface area contributed by atoms with Crippen LogP contribution in [0.15, 0.2) is 24.3 Å². The maximum Gasteiger partial charge on any atom is 0.118 e. The van der Waals surface area contributed by atoms with E-state index >= 15 is 0 Å². The van der Waals surface area contributed by atoms with Gasteiger partial charge in [0.2, 0.25) is 0 Å². The molecule has 0 radical (unpaired) electrons. The van der Waals surface area contributed by atoms with Crippen LogP contribution < -0.4 is 4.74 Å². The molecule has 0 amide bonds. The van der Waals surface area contributed by atoms with Crippen molar-refractivity contribution < 1.29 is 9.84 Å². The van der Waals surface area contributed by atoms with Gasteiger partial charge in [-0.05, 0) is 43.4 Å². The minimum absolute atomic E-state index is 0.615. The lowest BCUT2D eigenvalue weighted by atomic mass is 9.88. The van der Waals surface area contributed by atoms with E-state index in [0.29, 0.717) is 5.92 Å². The number of aliphatic hydroxyl groups is 1. The highest BCUT2D eigenvalue weighted by molar-refractivity contribution is 5.30. The molecular weight excluding hydrogens is 200 g/mol. The van der Waals surface area contributed by atoms with Crippen LogP contribution in [0.2, 0.25) is 0 Å². The zero-order valence-electron chi connectivity index (χ0n) is 10.7. The Morgan fingerprint density at radius 1 is 1.25 bits per heavy atom. The molecular formula is C14H22O2. The predicted molar refractivity (Wildman–Crippen MR) is 66.6 cm³/mol. The number of ether oxygens (including phenoxy) is 1. The van der Waals surface area contributed by atoms with Crippen LogP contribution in [0, 0.1) is 5.92 Å². The fraction of sp³-hybridized carbons (Fsp3) is 0.571. The summed E-state index contributed by atoms with van der Waals surface area (Å²) in [6.45, 7) is 6.21. The zero-order valence-corrected chi connectivity index (χ0v) is 10.7. The van der Waals surface area contributed by atoms with Crippen molar-refractivity contribution in [3.8, 4) is 5.75 Å². The third-order valence-electron chi connectivity index (χ3n) is 2.92. The summed E-state index contributed by atoms with van der Waals surface area (Å²) in [6.07, 6.45) is 1.82. The minimum atomic E-state index is -0.740. The van der Waals surface area contributed by atoms with Crippen LogP contribution in [0.1, 0.15) is 39.2 Å². The molecule has 1 atom stereocenters. The maximum atomic E-state index is 10.4. The Morgan fingerprint density at radius 3 is 2.25 bits per heavy atom. The molecule has 1 rings (SSSR count). The van der Waals surface area contributed by atoms with Crippen LogP contribution >= 0.6 is 0 Å². The molecule has 0 aliphatic heterocycles. The van der Waals surface area contributed by atoms with Gasteiger partial charge in [0.1, 0.15) is 5.75 Å². The van der Waals surface area contributed by atoms with Crippen molar-refractivity contribution in [2.45, 2.75) is 39.2 Å². The quantitative estimate of drug-likeness (QED) is 0.828. The summed E-state index contributed by atoms with van der Waals surface area (Å²) in [7, 11) is 1.64. The van der Waals surface area contributed by atoms with Gasteiger partial charge in [0.25, 0.3) is 0 Å². The summed E-state index contributed by atoms with van der Waals surface area (Å²) in [5, 5.41) is 10.4. The fourth-order valence-electron chi connectivity index (χ4n) is 1.66. The maximum absolute atomic E-state index is 10.4. The third kappa shape index (κ3) is 3.53. The van der Waals surface area contributed by atoms with Gasteiger partial charge < -0.3 is 9.84 Å². The Balaban J connectivity index is 2.72. The second kappa shape index (κ2) is 5.35. The van der Waals surface area contributed by atoms with E-state index in [9.17, 15) is 5.11 Å². The Morgan fingerprint density at radius 2 is 1.81 bits per heavy atom. The molecule has 90 valence electrons. The first-order valence-corrected chi connectivity index (χ1v) is 5.82. The lowest BCUT2D eigenvalue weighted by molar-refractivity contribution is 0.0420. The minimum Gasteiger partial charge on any atom is -0.497 e. The monoisotopic (exact) mass is 222 g/mol. The van der Waals surface area contributed by atoms with E-state index in [1.165, 1.54) is 0 Å². The highest BCUT2D eigenvalue weighted by atomic mass is 16.5. The summed E-state index contributed by atoms with van der Waals surface area (Å²) in [5.41, 5.74) is 0.213. The number of rotatable bonds is 5. The van der Waals surface area contributed by atoms with Crippen LogP contribution in [0.25, 0.3) is 0 Å². The van der Waals surface area contributed by atoms with Gasteiger partial charge in [0, 0.05) is 0 Å². The molecule has 1 N–H and O–H groups in total. The molecule has 16 heavy (non-hydrogen) atoms. The summed E-state index contributed by atoms with van der Waals surface area (Å²) in [6, 6.07) is 7.64. The van der Waals surface area contributed by atoms with Crippen LogP contribution in [0.3, 0.4) is 0 Å². The molecule has 0 bridgehead atoms. The number of benzene rings is 1. The standard InChI is InChI=1S/C14H22O2/c1-11(2)9-10-14(3,15)12-5-7-13(16-4)8-6-12/h5-8,11,15H,9-10H2,1-4H3. The third-order valence-corrected chi connectivity index (χ3v) is 2.92. The van der Waals surface area contributed by atoms with Gasteiger partial charge in [-0.3, -0.25) is 0 Å². The molecule has 2 heteroatoms. The molecule has 0 saturated carbocycles. The predicted octanol–water partition coefficient (Wildman–Crippen LogP) is 3.34. The average Bonchev–Trinajstić information content (AvgIpc) is 2.27. The molecule has 0 fully saturated rings. The molecule has 0 aliphatic rings. The Hall–Kier alpha value is -1.02. The van der Waals surface area contributed by atoms with Crippen LogP contribution in [0.4, 0.5) is 0 Å². The normalized spacial score (nSPS) is 14.9. The lowest BCUT2D eigenvalue weighted by Crippen LogP contribution is -2.21. The van der Waals surface area contributed by atoms with Gasteiger partial charge in [0.15, 0.2) is 0 Å². The summed E-state index contributed by atoms with van der Waals surface area (Å²) in [5.74, 6) is 1.44. The van der Waals surface area contributed by atoms with Gasteiger partial charge in [-0.15, -0.1) is 0 Å². The second-order valence-electron chi connectivity index (χ2n) is 4.93. The van der Waals surface area contributed by atoms with Crippen molar-refractivity contribution in [3.63, 3.8) is 0 Å². The SMILES string of the molecule is COc1ccc(C(C)(O)CCC(C)C)cc1. The van der Waals surface area contributed by atoms with Crippen molar-refractivity contribution in [1.82, 2.24) is 0 Å². The van der Waals surface area contributed by atoms with E-state index in [4.69, 9.17) is 4.74 Å². The van der Waals surface area contributed by atoms with E-state index in [1.54, 1.807) is 7.11 Å². The fourth-order valence-corrected chi connectivity index (χ4v) is 1.66. The molecule has 1 unspecified atom stereocenters. The van der Waals surface area contributed by atoms with Crippen molar-refractivity contribution in [3.05, 3.63) is 29.8 Å². The first-order chi connectivity index (χ1) is 7.45. The van der Waals surface area contributed by atoms with E-state index in [1.807, 2.05) is 31.2 Å². The first-order valence-electron chi connectivity index (χ1n) is 5.82. The molecule has 1 aromatic carbocycles. The molecule has 0 aliphatic carbocycles. The second-order valence-corrected chi connectivity index (χ2v) is 4.93. The van der Waals surface area contributed by atoms with Crippen LogP contribution in [0.5, 0.6) is 5.75 Å². The molecule has 0 saturated heterocycles. The van der Waals surface area contributed by atoms with Crippen molar-refractivity contribution in [2.24, 2.45) is 5.92 Å². The zero-order chi connectivity index (χ0) is 12.2. The number of methoxy groups -OCH3 is 1. The van der Waals surface area contributed by atoms with E-state index < -0.39 is 5.60 Å². The first kappa shape index (κ1) is 13.0. The number of hydrogen-bond donors (Lipinski definition) is 1. The topological polar surface area (TPSA) is 29.5 Å². The molecule has 2 nitrogen and oxygen atoms in total. The summed E-state index contributed by atoms with van der Waals surface area (Å²) < 4.78 is 5.10. The lowest BCUT2D eigenvalue weighted by Gasteiger charge is -2.25. The largest absolute Gasteiger partial charge is 0.497 e. The van der Waals surface area contributed by atoms with Gasteiger partial charge in [-0.25, -0.2) is 0 Å². The van der Waals surface area contributed by atoms with E-state index in [0.717, 1.165) is 24.2 Å². The highest BCUT2D eigenvalue weighted by Gasteiger charge is 2.22. The highest BCUT2D eigenvalue weighted by Crippen LogP contribution is 2.28.